The summed E-state index contributed by atoms with van der Waals surface area (Å²) in [6.45, 7) is 0. The molecule has 6 heavy (non-hydrogen) atoms. The Morgan fingerprint density at radius 3 is 1.83 bits per heavy atom. The summed E-state index contributed by atoms with van der Waals surface area (Å²) >= 11 is 0. The molecule has 0 atom stereocenters. The fraction of sp³-hybridized carbons (Fsp3) is 0. The topological polar surface area (TPSA) is 57.5 Å². The van der Waals surface area contributed by atoms with Crippen molar-refractivity contribution in [3.05, 3.63) is 0 Å². The molecule has 0 aromatic carbocycles. The van der Waals surface area contributed by atoms with E-state index in [2.05, 4.69) is 6.42 Å². The minimum atomic E-state index is -4.12. The van der Waals surface area contributed by atoms with Gasteiger partial charge in [0.15, 0.2) is 0 Å². The molecule has 0 aromatic heterocycles. The zero-order valence-electron chi connectivity index (χ0n) is 2.83. The smallest absolute Gasteiger partial charge is 0.315 e. The van der Waals surface area contributed by atoms with Gasteiger partial charge in [-0.25, -0.2) is 4.57 Å². The Labute approximate surface area is 35.2 Å². The van der Waals surface area contributed by atoms with E-state index in [1.54, 1.807) is 0 Å². The van der Waals surface area contributed by atoms with Crippen LogP contribution in [0, 0.1) is 12.1 Å². The predicted octanol–water partition coefficient (Wildman–Crippen LogP) is -0.245. The van der Waals surface area contributed by atoms with Crippen molar-refractivity contribution in [1.82, 2.24) is 0 Å². The van der Waals surface area contributed by atoms with Gasteiger partial charge in [-0.2, -0.15) is 0 Å². The maximum atomic E-state index is 9.46. The van der Waals surface area contributed by atoms with Crippen molar-refractivity contribution in [2.24, 2.45) is 0 Å². The molecule has 0 saturated carbocycles. The molecule has 4 heteroatoms. The van der Waals surface area contributed by atoms with Crippen molar-refractivity contribution < 1.29 is 14.4 Å². The predicted molar refractivity (Wildman–Crippen MR) is 20.9 cm³/mol. The average Bonchev–Trinajstić information content (AvgIpc) is 1.35. The van der Waals surface area contributed by atoms with Gasteiger partial charge in [0.2, 0.25) is 0 Å². The molecular formula is C2H3O3P. The van der Waals surface area contributed by atoms with Crippen molar-refractivity contribution >= 4 is 7.60 Å². The van der Waals surface area contributed by atoms with Crippen LogP contribution in [0.4, 0.5) is 0 Å². The summed E-state index contributed by atoms with van der Waals surface area (Å²) in [4.78, 5) is 15.4. The molecule has 0 bridgehead atoms. The van der Waals surface area contributed by atoms with Crippen LogP contribution in [-0.2, 0) is 4.57 Å². The van der Waals surface area contributed by atoms with Gasteiger partial charge in [0.05, 0.1) is 0 Å². The molecule has 2 N–H and O–H groups in total. The van der Waals surface area contributed by atoms with Crippen LogP contribution < -0.4 is 0 Å². The molecule has 0 spiro atoms. The van der Waals surface area contributed by atoms with Crippen molar-refractivity contribution in [3.63, 3.8) is 0 Å². The molecule has 0 amide bonds. The summed E-state index contributed by atoms with van der Waals surface area (Å²) in [5.74, 6) is 0. The molecule has 0 aliphatic heterocycles. The van der Waals surface area contributed by atoms with Gasteiger partial charge in [0.1, 0.15) is 0 Å². The molecule has 0 aliphatic carbocycles. The first kappa shape index (κ1) is 5.71. The van der Waals surface area contributed by atoms with Crippen LogP contribution in [0.2, 0.25) is 0 Å². The monoisotopic (exact) mass is 106 g/mol. The second-order valence-corrected chi connectivity index (χ2v) is 2.02. The number of terminal acetylenes is 1. The highest BCUT2D eigenvalue weighted by Gasteiger charge is 2.02. The average molecular weight is 106 g/mol. The largest absolute Gasteiger partial charge is 0.400 e. The first-order chi connectivity index (χ1) is 2.56. The second-order valence-electron chi connectivity index (χ2n) is 0.673. The summed E-state index contributed by atoms with van der Waals surface area (Å²) in [7, 11) is -4.12. The lowest BCUT2D eigenvalue weighted by Gasteiger charge is -1.83. The third-order valence-corrected chi connectivity index (χ3v) is 0.505. The van der Waals surface area contributed by atoms with Gasteiger partial charge in [0, 0.05) is 5.66 Å². The molecule has 0 aliphatic rings. The lowest BCUT2D eigenvalue weighted by atomic mass is 11.4. The van der Waals surface area contributed by atoms with Crippen molar-refractivity contribution in [3.8, 4) is 12.1 Å². The first-order valence-corrected chi connectivity index (χ1v) is 2.71. The number of hydrogen-bond acceptors (Lipinski definition) is 1. The summed E-state index contributed by atoms with van der Waals surface area (Å²) < 4.78 is 9.46. The Bertz CT molecular complexity index is 115. The molecule has 0 rings (SSSR count). The highest BCUT2D eigenvalue weighted by molar-refractivity contribution is 7.57. The molecular weight excluding hydrogens is 103 g/mol. The van der Waals surface area contributed by atoms with Gasteiger partial charge >= 0.3 is 7.60 Å². The zero-order valence-corrected chi connectivity index (χ0v) is 3.72. The van der Waals surface area contributed by atoms with Crippen LogP contribution in [-0.4, -0.2) is 9.79 Å². The molecule has 0 aromatic rings. The SMILES string of the molecule is C#CP(=O)(O)O. The molecule has 0 radical (unpaired) electrons. The van der Waals surface area contributed by atoms with E-state index in [0.29, 0.717) is 0 Å². The lowest BCUT2D eigenvalue weighted by molar-refractivity contribution is 0.389. The Hall–Kier alpha value is -0.290. The van der Waals surface area contributed by atoms with Crippen molar-refractivity contribution in [1.29, 1.82) is 0 Å². The zero-order chi connectivity index (χ0) is 5.21. The molecule has 0 unspecified atom stereocenters. The highest BCUT2D eigenvalue weighted by atomic mass is 31.2. The van der Waals surface area contributed by atoms with E-state index < -0.39 is 7.60 Å². The van der Waals surface area contributed by atoms with E-state index >= 15 is 0 Å². The van der Waals surface area contributed by atoms with Gasteiger partial charge in [-0.3, -0.25) is 0 Å². The van der Waals surface area contributed by atoms with Crippen LogP contribution in [0.5, 0.6) is 0 Å². The Balaban J connectivity index is 3.94. The maximum absolute atomic E-state index is 9.46. The van der Waals surface area contributed by atoms with Crippen LogP contribution >= 0.6 is 7.60 Å². The summed E-state index contributed by atoms with van der Waals surface area (Å²) in [5, 5.41) is 0. The molecule has 34 valence electrons. The Morgan fingerprint density at radius 1 is 1.67 bits per heavy atom. The van der Waals surface area contributed by atoms with Crippen molar-refractivity contribution in [2.75, 3.05) is 0 Å². The Kier molecular flexibility index (Phi) is 1.37. The fourth-order valence-electron chi connectivity index (χ4n) is 0. The van der Waals surface area contributed by atoms with Gasteiger partial charge in [0.25, 0.3) is 0 Å². The molecule has 0 saturated heterocycles. The van der Waals surface area contributed by atoms with Crippen LogP contribution in [0.3, 0.4) is 0 Å². The Morgan fingerprint density at radius 2 is 1.83 bits per heavy atom. The molecule has 0 fully saturated rings. The van der Waals surface area contributed by atoms with E-state index in [9.17, 15) is 4.57 Å². The van der Waals surface area contributed by atoms with E-state index in [0.717, 1.165) is 0 Å². The molecule has 3 nitrogen and oxygen atoms in total. The first-order valence-electron chi connectivity index (χ1n) is 1.09. The normalized spacial score (nSPS) is 10.2. The standard InChI is InChI=1S/C2H3O3P/c1-2-6(3,4)5/h1H,(H2,3,4,5). The van der Waals surface area contributed by atoms with E-state index in [1.165, 1.54) is 5.66 Å². The van der Waals surface area contributed by atoms with Gasteiger partial charge in [-0.1, -0.05) is 0 Å². The van der Waals surface area contributed by atoms with Crippen LogP contribution in [0.25, 0.3) is 0 Å². The van der Waals surface area contributed by atoms with Crippen LogP contribution in [0.1, 0.15) is 0 Å². The maximum Gasteiger partial charge on any atom is 0.400 e. The number of hydrogen-bond donors (Lipinski definition) is 2. The quantitative estimate of drug-likeness (QED) is 0.331. The highest BCUT2D eigenvalue weighted by Crippen LogP contribution is 2.30. The third-order valence-electron chi connectivity index (χ3n) is 0.168. The van der Waals surface area contributed by atoms with E-state index in [-0.39, 0.29) is 0 Å². The summed E-state index contributed by atoms with van der Waals surface area (Å²) in [5.41, 5.74) is 1.27. The van der Waals surface area contributed by atoms with Gasteiger partial charge in [-0.05, 0) is 0 Å². The van der Waals surface area contributed by atoms with Gasteiger partial charge in [-0.15, -0.1) is 6.42 Å². The minimum Gasteiger partial charge on any atom is -0.315 e. The summed E-state index contributed by atoms with van der Waals surface area (Å²) in [6.07, 6.45) is 4.29. The van der Waals surface area contributed by atoms with E-state index in [1.807, 2.05) is 0 Å². The van der Waals surface area contributed by atoms with E-state index in [4.69, 9.17) is 9.79 Å². The third kappa shape index (κ3) is 3.71. The lowest BCUT2D eigenvalue weighted by Crippen LogP contribution is -1.64. The summed E-state index contributed by atoms with van der Waals surface area (Å²) in [6, 6.07) is 0. The van der Waals surface area contributed by atoms with Crippen molar-refractivity contribution in [2.45, 2.75) is 0 Å². The molecule has 0 heterocycles. The minimum absolute atomic E-state index is 1.27. The fourth-order valence-corrected chi connectivity index (χ4v) is 0. The van der Waals surface area contributed by atoms with Gasteiger partial charge < -0.3 is 9.79 Å². The van der Waals surface area contributed by atoms with Crippen LogP contribution in [0.15, 0.2) is 0 Å². The number of rotatable bonds is 0. The second kappa shape index (κ2) is 1.44.